The zero-order valence-corrected chi connectivity index (χ0v) is 7.55. The minimum Gasteiger partial charge on any atom is -0.287 e. The van der Waals surface area contributed by atoms with Gasteiger partial charge < -0.3 is 0 Å². The van der Waals surface area contributed by atoms with Crippen LogP contribution in [0.1, 0.15) is 27.7 Å². The zero-order valence-electron chi connectivity index (χ0n) is 7.55. The van der Waals surface area contributed by atoms with Gasteiger partial charge in [0.15, 0.2) is 0 Å². The number of rotatable bonds is 2. The van der Waals surface area contributed by atoms with Crippen LogP contribution in [0, 0.1) is 5.41 Å². The van der Waals surface area contributed by atoms with Crippen LogP contribution in [0.25, 0.3) is 0 Å². The number of nitrogens with zero attached hydrogens (tertiary/aromatic N) is 2. The van der Waals surface area contributed by atoms with E-state index in [0.717, 1.165) is 0 Å². The van der Waals surface area contributed by atoms with E-state index in [1.165, 1.54) is 0 Å². The van der Waals surface area contributed by atoms with Gasteiger partial charge in [-0.3, -0.25) is 10.4 Å². The maximum Gasteiger partial charge on any atom is 0.116 e. The first-order valence-corrected chi connectivity index (χ1v) is 3.58. The number of aliphatic imine (C=N–C) groups is 2. The second-order valence-electron chi connectivity index (χ2n) is 2.88. The summed E-state index contributed by atoms with van der Waals surface area (Å²) in [7, 11) is 0. The topological polar surface area (TPSA) is 48.6 Å². The van der Waals surface area contributed by atoms with Crippen LogP contribution in [0.2, 0.25) is 0 Å². The molecule has 0 aromatic carbocycles. The van der Waals surface area contributed by atoms with Crippen molar-refractivity contribution in [1.29, 1.82) is 5.41 Å². The maximum absolute atomic E-state index is 7.06. The number of amidine groups is 1. The van der Waals surface area contributed by atoms with E-state index >= 15 is 0 Å². The molecule has 0 aromatic heterocycles. The molecule has 0 saturated heterocycles. The summed E-state index contributed by atoms with van der Waals surface area (Å²) in [5.74, 6) is 0.310. The molecule has 62 valence electrons. The monoisotopic (exact) mass is 153 g/mol. The molecule has 0 amide bonds. The maximum atomic E-state index is 7.06. The van der Waals surface area contributed by atoms with Crippen LogP contribution in [0.3, 0.4) is 0 Å². The van der Waals surface area contributed by atoms with Crippen molar-refractivity contribution in [2.75, 3.05) is 0 Å². The van der Waals surface area contributed by atoms with Crippen molar-refractivity contribution in [2.45, 2.75) is 33.2 Å². The van der Waals surface area contributed by atoms with Crippen LogP contribution >= 0.6 is 0 Å². The smallest absolute Gasteiger partial charge is 0.116 e. The van der Waals surface area contributed by atoms with Crippen LogP contribution in [0.4, 0.5) is 0 Å². The SMILES string of the molecule is CC=NC(C)(C)C=NC(C)=N. The van der Waals surface area contributed by atoms with Gasteiger partial charge in [0.25, 0.3) is 0 Å². The number of hydrogen-bond donors (Lipinski definition) is 1. The van der Waals surface area contributed by atoms with Crippen LogP contribution in [0.15, 0.2) is 9.98 Å². The third-order valence-corrected chi connectivity index (χ3v) is 1.04. The van der Waals surface area contributed by atoms with E-state index in [4.69, 9.17) is 5.41 Å². The van der Waals surface area contributed by atoms with Crippen molar-refractivity contribution in [3.8, 4) is 0 Å². The van der Waals surface area contributed by atoms with E-state index in [1.807, 2.05) is 20.8 Å². The minimum absolute atomic E-state index is 0.281. The van der Waals surface area contributed by atoms with Gasteiger partial charge in [-0.25, -0.2) is 4.99 Å². The Balaban J connectivity index is 4.22. The second-order valence-corrected chi connectivity index (χ2v) is 2.88. The highest BCUT2D eigenvalue weighted by Gasteiger charge is 2.09. The molecule has 0 atom stereocenters. The highest BCUT2D eigenvalue weighted by molar-refractivity contribution is 5.88. The van der Waals surface area contributed by atoms with E-state index in [2.05, 4.69) is 9.98 Å². The third-order valence-electron chi connectivity index (χ3n) is 1.04. The molecule has 3 nitrogen and oxygen atoms in total. The molecule has 0 aliphatic rings. The molecule has 0 rings (SSSR count). The van der Waals surface area contributed by atoms with Crippen molar-refractivity contribution in [3.05, 3.63) is 0 Å². The Hall–Kier alpha value is -0.990. The average Bonchev–Trinajstić information content (AvgIpc) is 1.84. The summed E-state index contributed by atoms with van der Waals surface area (Å²) >= 11 is 0. The lowest BCUT2D eigenvalue weighted by Crippen LogP contribution is -2.18. The van der Waals surface area contributed by atoms with Gasteiger partial charge in [-0.2, -0.15) is 0 Å². The summed E-state index contributed by atoms with van der Waals surface area (Å²) in [6.45, 7) is 7.40. The lowest BCUT2D eigenvalue weighted by molar-refractivity contribution is 0.721. The highest BCUT2D eigenvalue weighted by atomic mass is 14.9. The van der Waals surface area contributed by atoms with Crippen LogP contribution in [-0.2, 0) is 0 Å². The van der Waals surface area contributed by atoms with Gasteiger partial charge in [0.2, 0.25) is 0 Å². The van der Waals surface area contributed by atoms with Crippen molar-refractivity contribution in [3.63, 3.8) is 0 Å². The molecule has 0 saturated carbocycles. The van der Waals surface area contributed by atoms with Crippen LogP contribution < -0.4 is 0 Å². The first-order valence-electron chi connectivity index (χ1n) is 3.58. The first kappa shape index (κ1) is 10.0. The Bertz CT molecular complexity index is 190. The zero-order chi connectivity index (χ0) is 8.91. The molecule has 0 aliphatic heterocycles. The van der Waals surface area contributed by atoms with E-state index in [1.54, 1.807) is 19.4 Å². The van der Waals surface area contributed by atoms with Gasteiger partial charge in [0.1, 0.15) is 5.84 Å². The van der Waals surface area contributed by atoms with E-state index in [-0.39, 0.29) is 5.54 Å². The van der Waals surface area contributed by atoms with Gasteiger partial charge in [-0.05, 0) is 33.9 Å². The fourth-order valence-electron chi connectivity index (χ4n) is 0.621. The molecule has 0 aromatic rings. The molecular weight excluding hydrogens is 138 g/mol. The van der Waals surface area contributed by atoms with Crippen molar-refractivity contribution >= 4 is 18.3 Å². The molecule has 0 bridgehead atoms. The summed E-state index contributed by atoms with van der Waals surface area (Å²) in [6.07, 6.45) is 3.42. The number of hydrogen-bond acceptors (Lipinski definition) is 2. The van der Waals surface area contributed by atoms with Crippen LogP contribution in [-0.4, -0.2) is 23.8 Å². The Kier molecular flexibility index (Phi) is 3.65. The molecule has 11 heavy (non-hydrogen) atoms. The molecule has 0 radical (unpaired) electrons. The van der Waals surface area contributed by atoms with Gasteiger partial charge in [-0.1, -0.05) is 0 Å². The predicted octanol–water partition coefficient (Wildman–Crippen LogP) is 1.92. The summed E-state index contributed by atoms with van der Waals surface area (Å²) < 4.78 is 0. The summed E-state index contributed by atoms with van der Waals surface area (Å²) in [6, 6.07) is 0. The summed E-state index contributed by atoms with van der Waals surface area (Å²) in [5.41, 5.74) is -0.281. The highest BCUT2D eigenvalue weighted by Crippen LogP contribution is 2.03. The molecule has 1 N–H and O–H groups in total. The van der Waals surface area contributed by atoms with Crippen molar-refractivity contribution in [2.24, 2.45) is 9.98 Å². The Morgan fingerprint density at radius 1 is 1.45 bits per heavy atom. The Morgan fingerprint density at radius 2 is 2.00 bits per heavy atom. The van der Waals surface area contributed by atoms with E-state index in [9.17, 15) is 0 Å². The molecule has 3 heteroatoms. The second kappa shape index (κ2) is 4.01. The summed E-state index contributed by atoms with van der Waals surface area (Å²) in [4.78, 5) is 8.02. The van der Waals surface area contributed by atoms with E-state index in [0.29, 0.717) is 5.84 Å². The lowest BCUT2D eigenvalue weighted by Gasteiger charge is -2.11. The molecule has 0 spiro atoms. The van der Waals surface area contributed by atoms with Gasteiger partial charge in [0.05, 0.1) is 5.54 Å². The van der Waals surface area contributed by atoms with Crippen molar-refractivity contribution < 1.29 is 0 Å². The van der Waals surface area contributed by atoms with Gasteiger partial charge >= 0.3 is 0 Å². The van der Waals surface area contributed by atoms with Gasteiger partial charge in [-0.15, -0.1) is 0 Å². The standard InChI is InChI=1S/C8H15N3/c1-5-11-8(3,4)6-10-7(2)9/h5-6,9H,1-4H3. The Labute approximate surface area is 67.8 Å². The first-order chi connectivity index (χ1) is 4.98. The van der Waals surface area contributed by atoms with Crippen LogP contribution in [0.5, 0.6) is 0 Å². The summed E-state index contributed by atoms with van der Waals surface area (Å²) in [5, 5.41) is 7.06. The molecule has 0 aliphatic carbocycles. The van der Waals surface area contributed by atoms with Gasteiger partial charge in [0, 0.05) is 6.21 Å². The fourth-order valence-corrected chi connectivity index (χ4v) is 0.621. The van der Waals surface area contributed by atoms with E-state index < -0.39 is 0 Å². The molecule has 0 fully saturated rings. The third kappa shape index (κ3) is 5.45. The number of nitrogens with one attached hydrogen (secondary N) is 1. The Morgan fingerprint density at radius 3 is 2.36 bits per heavy atom. The fraction of sp³-hybridized carbons (Fsp3) is 0.625. The minimum atomic E-state index is -0.281. The van der Waals surface area contributed by atoms with Crippen molar-refractivity contribution in [1.82, 2.24) is 0 Å². The molecular formula is C8H15N3. The lowest BCUT2D eigenvalue weighted by atomic mass is 10.1. The largest absolute Gasteiger partial charge is 0.287 e. The molecule has 0 heterocycles. The molecule has 0 unspecified atom stereocenters. The normalized spacial score (nSPS) is 13.1. The quantitative estimate of drug-likeness (QED) is 0.465. The average molecular weight is 153 g/mol. The predicted molar refractivity (Wildman–Crippen MR) is 50.1 cm³/mol.